The third-order valence-electron chi connectivity index (χ3n) is 6.80. The zero-order chi connectivity index (χ0) is 27.1. The molecule has 0 radical (unpaired) electrons. The van der Waals surface area contributed by atoms with Gasteiger partial charge in [0.05, 0.1) is 19.3 Å². The maximum atomic E-state index is 12.5. The fourth-order valence-electron chi connectivity index (χ4n) is 5.02. The van der Waals surface area contributed by atoms with Gasteiger partial charge in [-0.25, -0.2) is 4.79 Å². The molecule has 0 aliphatic carbocycles. The molecule has 9 nitrogen and oxygen atoms in total. The zero-order valence-corrected chi connectivity index (χ0v) is 22.6. The van der Waals surface area contributed by atoms with Gasteiger partial charge < -0.3 is 19.4 Å². The molecule has 38 heavy (non-hydrogen) atoms. The molecule has 9 heteroatoms. The third-order valence-corrected chi connectivity index (χ3v) is 6.80. The van der Waals surface area contributed by atoms with Crippen LogP contribution in [0.1, 0.15) is 62.3 Å². The lowest BCUT2D eigenvalue weighted by molar-refractivity contribution is -0.479. The van der Waals surface area contributed by atoms with Gasteiger partial charge in [-0.2, -0.15) is 0 Å². The molecule has 0 unspecified atom stereocenters. The highest BCUT2D eigenvalue weighted by molar-refractivity contribution is 5.86. The van der Waals surface area contributed by atoms with Crippen LogP contribution in [0.4, 0.5) is 4.79 Å². The zero-order valence-electron chi connectivity index (χ0n) is 22.6. The molecule has 2 aromatic heterocycles. The van der Waals surface area contributed by atoms with E-state index in [2.05, 4.69) is 22.1 Å². The maximum absolute atomic E-state index is 12.5. The Kier molecular flexibility index (Phi) is 8.99. The molecule has 1 aliphatic heterocycles. The lowest BCUT2D eigenvalue weighted by atomic mass is 10.0. The first-order valence-electron chi connectivity index (χ1n) is 13.4. The van der Waals surface area contributed by atoms with Crippen molar-refractivity contribution in [3.05, 3.63) is 75.2 Å². The molecule has 3 aromatic rings. The lowest BCUT2D eigenvalue weighted by Crippen LogP contribution is -2.41. The van der Waals surface area contributed by atoms with Crippen molar-refractivity contribution in [1.82, 2.24) is 14.9 Å². The number of nitrogens with one attached hydrogen (secondary N) is 1. The highest BCUT2D eigenvalue weighted by Gasteiger charge is 2.32. The van der Waals surface area contributed by atoms with Crippen LogP contribution in [-0.2, 0) is 35.3 Å². The number of benzene rings is 1. The predicted molar refractivity (Wildman–Crippen MR) is 146 cm³/mol. The number of aryl methyl sites for hydroxylation is 2. The summed E-state index contributed by atoms with van der Waals surface area (Å²) in [6.07, 6.45) is 10.4. The van der Waals surface area contributed by atoms with Crippen molar-refractivity contribution in [2.45, 2.75) is 77.5 Å². The second kappa shape index (κ2) is 12.4. The summed E-state index contributed by atoms with van der Waals surface area (Å²) in [5.74, 6) is 0. The quantitative estimate of drug-likeness (QED) is 0.264. The van der Waals surface area contributed by atoms with Crippen LogP contribution in [0.5, 0.6) is 0 Å². The van der Waals surface area contributed by atoms with Crippen molar-refractivity contribution in [3.63, 3.8) is 0 Å². The molecule has 204 valence electrons. The smallest absolute Gasteiger partial charge is 0.410 e. The number of pyridine rings is 1. The van der Waals surface area contributed by atoms with Gasteiger partial charge in [-0.15, -0.1) is 0 Å². The number of fused-ring (bicyclic) bond motifs is 1. The Balaban J connectivity index is 1.26. The number of aromatic nitrogens is 2. The highest BCUT2D eigenvalue weighted by Crippen LogP contribution is 2.24. The van der Waals surface area contributed by atoms with Crippen molar-refractivity contribution in [3.8, 4) is 0 Å². The maximum Gasteiger partial charge on any atom is 0.410 e. The van der Waals surface area contributed by atoms with Gasteiger partial charge >= 0.3 is 6.09 Å². The molecule has 1 aromatic carbocycles. The first kappa shape index (κ1) is 27.6. The second-order valence-electron chi connectivity index (χ2n) is 11.0. The Morgan fingerprint density at radius 2 is 2.00 bits per heavy atom. The Morgan fingerprint density at radius 1 is 1.18 bits per heavy atom. The number of hydrogen-bond acceptors (Lipinski definition) is 6. The van der Waals surface area contributed by atoms with E-state index in [1.807, 2.05) is 51.5 Å². The van der Waals surface area contributed by atoms with Gasteiger partial charge in [0.2, 0.25) is 6.54 Å². The summed E-state index contributed by atoms with van der Waals surface area (Å²) >= 11 is 0. The van der Waals surface area contributed by atoms with E-state index in [9.17, 15) is 14.9 Å². The fraction of sp³-hybridized carbons (Fsp3) is 0.517. The van der Waals surface area contributed by atoms with Gasteiger partial charge in [0.15, 0.2) is 0 Å². The van der Waals surface area contributed by atoms with Crippen LogP contribution in [0.2, 0.25) is 0 Å². The molecule has 1 saturated heterocycles. The number of nitrogens with zero attached hydrogens (tertiary/aromatic N) is 3. The molecule has 1 atom stereocenters. The van der Waals surface area contributed by atoms with Gasteiger partial charge in [-0.1, -0.05) is 24.3 Å². The Labute approximate surface area is 223 Å². The molecule has 1 aliphatic rings. The predicted octanol–water partition coefficient (Wildman–Crippen LogP) is 5.47. The van der Waals surface area contributed by atoms with E-state index in [4.69, 9.17) is 9.47 Å². The molecule has 3 heterocycles. The number of rotatable bonds is 11. The van der Waals surface area contributed by atoms with E-state index in [-0.39, 0.29) is 23.6 Å². The van der Waals surface area contributed by atoms with Crippen LogP contribution in [0.3, 0.4) is 0 Å². The molecule has 1 N–H and O–H groups in total. The van der Waals surface area contributed by atoms with Gasteiger partial charge in [-0.3, -0.25) is 15.1 Å². The van der Waals surface area contributed by atoms with Gasteiger partial charge in [0.25, 0.3) is 0 Å². The van der Waals surface area contributed by atoms with E-state index < -0.39 is 5.60 Å². The molecule has 1 fully saturated rings. The average molecular weight is 523 g/mol. The van der Waals surface area contributed by atoms with Crippen LogP contribution < -0.4 is 0 Å². The van der Waals surface area contributed by atoms with E-state index in [0.717, 1.165) is 59.7 Å². The molecular formula is C29H38N4O5. The van der Waals surface area contributed by atoms with Crippen molar-refractivity contribution in [2.24, 2.45) is 0 Å². The minimum atomic E-state index is -0.507. The summed E-state index contributed by atoms with van der Waals surface area (Å²) in [5.41, 5.74) is 4.95. The Bertz CT molecular complexity index is 1250. The van der Waals surface area contributed by atoms with Crippen molar-refractivity contribution in [2.75, 3.05) is 19.7 Å². The SMILES string of the molecule is CC(C)(C)OC(=O)N1CCC[C@H]1COCc1cncc(CCCc2cccc3c(CC[N+](=O)[O-])c[nH]c23)c1. The summed E-state index contributed by atoms with van der Waals surface area (Å²) in [6.45, 7) is 7.21. The molecule has 1 amide bonds. The van der Waals surface area contributed by atoms with Crippen LogP contribution >= 0.6 is 0 Å². The summed E-state index contributed by atoms with van der Waals surface area (Å²) in [5, 5.41) is 11.8. The number of amides is 1. The van der Waals surface area contributed by atoms with Crippen molar-refractivity contribution < 1.29 is 19.2 Å². The number of likely N-dealkylation sites (tertiary alicyclic amines) is 1. The fourth-order valence-corrected chi connectivity index (χ4v) is 5.02. The van der Waals surface area contributed by atoms with Crippen molar-refractivity contribution in [1.29, 1.82) is 0 Å². The summed E-state index contributed by atoms with van der Waals surface area (Å²) < 4.78 is 11.5. The summed E-state index contributed by atoms with van der Waals surface area (Å²) in [6, 6.07) is 8.34. The number of aromatic amines is 1. The Hall–Kier alpha value is -3.46. The molecular weight excluding hydrogens is 484 g/mol. The molecule has 4 rings (SSSR count). The number of carbonyl (C=O) groups is 1. The minimum Gasteiger partial charge on any atom is -0.444 e. The lowest BCUT2D eigenvalue weighted by Gasteiger charge is -2.28. The summed E-state index contributed by atoms with van der Waals surface area (Å²) in [7, 11) is 0. The normalized spacial score (nSPS) is 15.8. The third kappa shape index (κ3) is 7.54. The number of para-hydroxylation sites is 1. The monoisotopic (exact) mass is 522 g/mol. The number of hydrogen-bond donors (Lipinski definition) is 1. The topological polar surface area (TPSA) is 111 Å². The number of ether oxygens (including phenoxy) is 2. The standard InChI is InChI=1S/C29H38N4O5/c1-29(2,3)38-28(34)32-13-6-10-25(32)20-37-19-22-15-21(16-30-17-22)7-4-8-23-9-5-11-26-24(12-14-33(35)36)18-31-27(23)26/h5,9,11,15-18,25,31H,4,6-8,10,12-14,19-20H2,1-3H3/t25-/m0/s1. The molecule has 0 bridgehead atoms. The second-order valence-corrected chi connectivity index (χ2v) is 11.0. The van der Waals surface area contributed by atoms with E-state index in [1.54, 1.807) is 4.90 Å². The van der Waals surface area contributed by atoms with Crippen LogP contribution in [0, 0.1) is 10.1 Å². The van der Waals surface area contributed by atoms with E-state index in [0.29, 0.717) is 26.2 Å². The van der Waals surface area contributed by atoms with E-state index >= 15 is 0 Å². The molecule has 0 spiro atoms. The number of nitro groups is 1. The highest BCUT2D eigenvalue weighted by atomic mass is 16.6. The number of H-pyrrole nitrogens is 1. The molecule has 0 saturated carbocycles. The van der Waals surface area contributed by atoms with Crippen molar-refractivity contribution >= 4 is 17.0 Å². The Morgan fingerprint density at radius 3 is 2.79 bits per heavy atom. The van der Waals surface area contributed by atoms with Crippen LogP contribution in [-0.4, -0.2) is 57.2 Å². The number of carbonyl (C=O) groups excluding carboxylic acids is 1. The minimum absolute atomic E-state index is 0.0387. The average Bonchev–Trinajstić information content (AvgIpc) is 3.50. The first-order valence-corrected chi connectivity index (χ1v) is 13.4. The van der Waals surface area contributed by atoms with Gasteiger partial charge in [0, 0.05) is 47.4 Å². The van der Waals surface area contributed by atoms with E-state index in [1.165, 1.54) is 5.56 Å². The van der Waals surface area contributed by atoms with Crippen LogP contribution in [0.25, 0.3) is 10.9 Å². The van der Waals surface area contributed by atoms with Gasteiger partial charge in [0.1, 0.15) is 5.60 Å². The first-order chi connectivity index (χ1) is 18.2. The largest absolute Gasteiger partial charge is 0.444 e. The van der Waals surface area contributed by atoms with Crippen LogP contribution in [0.15, 0.2) is 42.9 Å². The van der Waals surface area contributed by atoms with Gasteiger partial charge in [-0.05, 0) is 75.1 Å². The summed E-state index contributed by atoms with van der Waals surface area (Å²) in [4.78, 5) is 32.5.